The molecule has 0 atom stereocenters. The van der Waals surface area contributed by atoms with Gasteiger partial charge >= 0.3 is 6.03 Å². The Labute approximate surface area is 223 Å². The second-order valence-electron chi connectivity index (χ2n) is 8.17. The second kappa shape index (κ2) is 11.6. The minimum atomic E-state index is -0.375. The van der Waals surface area contributed by atoms with E-state index in [-0.39, 0.29) is 6.03 Å². The topological polar surface area (TPSA) is 117 Å². The third-order valence-electron chi connectivity index (χ3n) is 5.61. The van der Waals surface area contributed by atoms with E-state index in [1.165, 1.54) is 4.80 Å². The lowest BCUT2D eigenvalue weighted by molar-refractivity contribution is 0.262. The fourth-order valence-electron chi connectivity index (χ4n) is 3.73. The molecule has 0 saturated heterocycles. The SMILES string of the molecule is [C-]#[N+]c1cc2c(Oc3ccc(NC(=O)Nc4ccc(OC)cc4)cc3)ccnc2cc1OCCn1nccn1. The van der Waals surface area contributed by atoms with E-state index in [0.29, 0.717) is 64.1 Å². The minimum Gasteiger partial charge on any atom is -0.503 e. The number of anilines is 2. The van der Waals surface area contributed by atoms with Crippen LogP contribution in [0.25, 0.3) is 15.7 Å². The van der Waals surface area contributed by atoms with Crippen molar-refractivity contribution >= 4 is 34.0 Å². The Morgan fingerprint density at radius 2 is 1.56 bits per heavy atom. The average molecular weight is 522 g/mol. The van der Waals surface area contributed by atoms with Crippen molar-refractivity contribution in [1.29, 1.82) is 0 Å². The molecule has 0 aliphatic carbocycles. The molecule has 0 radical (unpaired) electrons. The zero-order valence-corrected chi connectivity index (χ0v) is 20.9. The number of ether oxygens (including phenoxy) is 3. The number of benzene rings is 3. The van der Waals surface area contributed by atoms with Crippen LogP contribution in [-0.2, 0) is 6.54 Å². The molecule has 2 aromatic heterocycles. The molecule has 0 bridgehead atoms. The number of methoxy groups -OCH3 is 1. The van der Waals surface area contributed by atoms with Crippen LogP contribution in [0.5, 0.6) is 23.0 Å². The number of nitrogens with one attached hydrogen (secondary N) is 2. The summed E-state index contributed by atoms with van der Waals surface area (Å²) in [5.41, 5.74) is 2.20. The highest BCUT2D eigenvalue weighted by atomic mass is 16.5. The molecule has 11 nitrogen and oxygen atoms in total. The van der Waals surface area contributed by atoms with Crippen LogP contribution in [0.1, 0.15) is 0 Å². The molecule has 0 saturated carbocycles. The van der Waals surface area contributed by atoms with Gasteiger partial charge < -0.3 is 24.8 Å². The first kappa shape index (κ1) is 25.0. The summed E-state index contributed by atoms with van der Waals surface area (Å²) >= 11 is 0. The van der Waals surface area contributed by atoms with Crippen LogP contribution in [0, 0.1) is 6.57 Å². The van der Waals surface area contributed by atoms with Crippen molar-refractivity contribution in [2.45, 2.75) is 6.54 Å². The number of pyridine rings is 1. The predicted molar refractivity (Wildman–Crippen MR) is 146 cm³/mol. The van der Waals surface area contributed by atoms with Gasteiger partial charge in [0, 0.05) is 23.0 Å². The summed E-state index contributed by atoms with van der Waals surface area (Å²) in [4.78, 5) is 21.9. The van der Waals surface area contributed by atoms with Crippen molar-refractivity contribution in [2.75, 3.05) is 24.4 Å². The van der Waals surface area contributed by atoms with E-state index in [1.54, 1.807) is 92.4 Å². The van der Waals surface area contributed by atoms with Crippen molar-refractivity contribution < 1.29 is 19.0 Å². The molecule has 39 heavy (non-hydrogen) atoms. The van der Waals surface area contributed by atoms with Gasteiger partial charge in [0.2, 0.25) is 5.69 Å². The number of aromatic nitrogens is 4. The molecule has 194 valence electrons. The number of hydrogen-bond donors (Lipinski definition) is 2. The summed E-state index contributed by atoms with van der Waals surface area (Å²) in [7, 11) is 1.58. The zero-order chi connectivity index (χ0) is 27.0. The molecule has 2 amide bonds. The fourth-order valence-corrected chi connectivity index (χ4v) is 3.73. The van der Waals surface area contributed by atoms with Crippen molar-refractivity contribution in [3.63, 3.8) is 0 Å². The van der Waals surface area contributed by atoms with Crippen LogP contribution in [0.2, 0.25) is 0 Å². The standard InChI is InChI=1S/C28H23N7O4/c1-29-25-17-23-24(18-27(25)38-16-15-35-31-13-14-32-35)30-12-11-26(23)39-22-9-5-20(6-10-22)34-28(36)33-19-3-7-21(37-2)8-4-19/h3-14,17-18H,15-16H2,2H3,(H2,33,34,36). The smallest absolute Gasteiger partial charge is 0.323 e. The summed E-state index contributed by atoms with van der Waals surface area (Å²) in [5, 5.41) is 14.3. The first-order valence-corrected chi connectivity index (χ1v) is 11.9. The van der Waals surface area contributed by atoms with Crippen molar-refractivity contribution in [1.82, 2.24) is 20.0 Å². The van der Waals surface area contributed by atoms with E-state index in [1.807, 2.05) is 0 Å². The zero-order valence-electron chi connectivity index (χ0n) is 20.9. The van der Waals surface area contributed by atoms with E-state index in [4.69, 9.17) is 20.8 Å². The Morgan fingerprint density at radius 3 is 2.21 bits per heavy atom. The molecule has 2 N–H and O–H groups in total. The van der Waals surface area contributed by atoms with Crippen LogP contribution in [0.3, 0.4) is 0 Å². The molecule has 3 aromatic carbocycles. The van der Waals surface area contributed by atoms with Crippen LogP contribution in [-0.4, -0.2) is 39.7 Å². The molecular formula is C28H23N7O4. The number of amides is 2. The van der Waals surface area contributed by atoms with Crippen LogP contribution in [0.15, 0.2) is 85.3 Å². The van der Waals surface area contributed by atoms with Crippen LogP contribution in [0.4, 0.5) is 21.9 Å². The Balaban J connectivity index is 1.25. The molecule has 11 heteroatoms. The molecule has 2 heterocycles. The van der Waals surface area contributed by atoms with Gasteiger partial charge in [-0.15, -0.1) is 0 Å². The summed E-state index contributed by atoms with van der Waals surface area (Å²) < 4.78 is 17.0. The highest BCUT2D eigenvalue weighted by molar-refractivity contribution is 5.99. The molecule has 5 aromatic rings. The summed E-state index contributed by atoms with van der Waals surface area (Å²) in [6, 6.07) is 18.8. The van der Waals surface area contributed by atoms with Gasteiger partial charge in [-0.2, -0.15) is 15.0 Å². The number of carbonyl (C=O) groups is 1. The number of urea groups is 1. The molecule has 0 aliphatic rings. The third-order valence-corrected chi connectivity index (χ3v) is 5.61. The van der Waals surface area contributed by atoms with Crippen molar-refractivity contribution in [3.8, 4) is 23.0 Å². The first-order chi connectivity index (χ1) is 19.1. The van der Waals surface area contributed by atoms with Gasteiger partial charge in [-0.1, -0.05) is 0 Å². The first-order valence-electron chi connectivity index (χ1n) is 11.9. The predicted octanol–water partition coefficient (Wildman–Crippen LogP) is 5.90. The fraction of sp³-hybridized carbons (Fsp3) is 0.107. The van der Waals surface area contributed by atoms with Gasteiger partial charge in [0.25, 0.3) is 0 Å². The summed E-state index contributed by atoms with van der Waals surface area (Å²) in [6.07, 6.45) is 4.82. The minimum absolute atomic E-state index is 0.303. The third kappa shape index (κ3) is 6.20. The number of rotatable bonds is 9. The maximum absolute atomic E-state index is 12.3. The maximum Gasteiger partial charge on any atom is 0.323 e. The lowest BCUT2D eigenvalue weighted by Gasteiger charge is -2.13. The van der Waals surface area contributed by atoms with Gasteiger partial charge in [0.15, 0.2) is 0 Å². The van der Waals surface area contributed by atoms with E-state index >= 15 is 0 Å². The number of fused-ring (bicyclic) bond motifs is 1. The molecule has 0 aliphatic heterocycles. The van der Waals surface area contributed by atoms with Crippen LogP contribution >= 0.6 is 0 Å². The molecular weight excluding hydrogens is 498 g/mol. The van der Waals surface area contributed by atoms with Gasteiger partial charge in [-0.05, 0) is 66.7 Å². The second-order valence-corrected chi connectivity index (χ2v) is 8.17. The Kier molecular flexibility index (Phi) is 7.46. The van der Waals surface area contributed by atoms with E-state index in [2.05, 4.69) is 30.7 Å². The number of carbonyl (C=O) groups excluding carboxylic acids is 1. The molecule has 0 fully saturated rings. The lowest BCUT2D eigenvalue weighted by Crippen LogP contribution is -2.19. The van der Waals surface area contributed by atoms with Crippen molar-refractivity contribution in [2.24, 2.45) is 0 Å². The normalized spacial score (nSPS) is 10.5. The van der Waals surface area contributed by atoms with E-state index in [9.17, 15) is 4.79 Å². The van der Waals surface area contributed by atoms with Gasteiger partial charge in [-0.3, -0.25) is 4.98 Å². The maximum atomic E-state index is 12.3. The Hall–Kier alpha value is -5.63. The van der Waals surface area contributed by atoms with Crippen molar-refractivity contribution in [3.05, 3.63) is 96.7 Å². The van der Waals surface area contributed by atoms with E-state index in [0.717, 1.165) is 0 Å². The Morgan fingerprint density at radius 1 is 0.897 bits per heavy atom. The monoisotopic (exact) mass is 521 g/mol. The van der Waals surface area contributed by atoms with Crippen LogP contribution < -0.4 is 24.8 Å². The Bertz CT molecular complexity index is 1610. The van der Waals surface area contributed by atoms with Gasteiger partial charge in [0.1, 0.15) is 29.6 Å². The highest BCUT2D eigenvalue weighted by Gasteiger charge is 2.12. The molecule has 0 unspecified atom stereocenters. The summed E-state index contributed by atoms with van der Waals surface area (Å²) in [5.74, 6) is 2.23. The van der Waals surface area contributed by atoms with Gasteiger partial charge in [0.05, 0.1) is 38.1 Å². The van der Waals surface area contributed by atoms with Gasteiger partial charge in [-0.25, -0.2) is 9.64 Å². The number of hydrogen-bond acceptors (Lipinski definition) is 7. The highest BCUT2D eigenvalue weighted by Crippen LogP contribution is 2.37. The average Bonchev–Trinajstić information content (AvgIpc) is 3.48. The largest absolute Gasteiger partial charge is 0.503 e. The molecule has 5 rings (SSSR count). The number of nitrogens with zero attached hydrogens (tertiary/aromatic N) is 5. The lowest BCUT2D eigenvalue weighted by atomic mass is 10.1. The summed E-state index contributed by atoms with van der Waals surface area (Å²) in [6.45, 7) is 8.36. The molecule has 0 spiro atoms. The quantitative estimate of drug-likeness (QED) is 0.232. The van der Waals surface area contributed by atoms with E-state index < -0.39 is 0 Å².